The molecule has 0 spiro atoms. The Morgan fingerprint density at radius 2 is 2.17 bits per heavy atom. The lowest BCUT2D eigenvalue weighted by Gasteiger charge is -2.09. The van der Waals surface area contributed by atoms with Gasteiger partial charge < -0.3 is 10.5 Å². The third-order valence-corrected chi connectivity index (χ3v) is 2.97. The zero-order valence-corrected chi connectivity index (χ0v) is 10.8. The van der Waals surface area contributed by atoms with Crippen molar-refractivity contribution in [2.75, 3.05) is 7.11 Å². The van der Waals surface area contributed by atoms with Crippen LogP contribution in [0, 0.1) is 6.92 Å². The van der Waals surface area contributed by atoms with Crippen molar-refractivity contribution in [2.45, 2.75) is 13.5 Å². The van der Waals surface area contributed by atoms with Gasteiger partial charge in [-0.1, -0.05) is 11.6 Å². The van der Waals surface area contributed by atoms with Crippen LogP contribution >= 0.6 is 0 Å². The first-order valence-electron chi connectivity index (χ1n) is 5.71. The number of aryl methyl sites for hydroxylation is 2. The van der Waals surface area contributed by atoms with Crippen LogP contribution in [0.25, 0.3) is 11.3 Å². The largest absolute Gasteiger partial charge is 0.496 e. The van der Waals surface area contributed by atoms with E-state index in [2.05, 4.69) is 5.10 Å². The van der Waals surface area contributed by atoms with Crippen molar-refractivity contribution in [3.63, 3.8) is 0 Å². The number of nitrogens with one attached hydrogen (secondary N) is 1. The van der Waals surface area contributed by atoms with Gasteiger partial charge in [0.15, 0.2) is 0 Å². The maximum absolute atomic E-state index is 11.9. The number of rotatable bonds is 3. The van der Waals surface area contributed by atoms with Crippen LogP contribution in [0.3, 0.4) is 0 Å². The van der Waals surface area contributed by atoms with Crippen LogP contribution < -0.4 is 16.0 Å². The number of benzene rings is 1. The third kappa shape index (κ3) is 1.93. The summed E-state index contributed by atoms with van der Waals surface area (Å²) in [6.45, 7) is 2.19. The second-order valence-electron chi connectivity index (χ2n) is 4.24. The molecule has 0 aliphatic carbocycles. The number of nitrogens with two attached hydrogens (primary N) is 1. The number of aromatic amines is 1. The number of H-pyrrole nitrogens is 1. The predicted octanol–water partition coefficient (Wildman–Crippen LogP) is 1.16. The summed E-state index contributed by atoms with van der Waals surface area (Å²) in [5.41, 5.74) is 8.81. The number of ether oxygens (including phenoxy) is 1. The number of nitrogens with zero attached hydrogens (tertiary/aromatic N) is 1. The van der Waals surface area contributed by atoms with Crippen molar-refractivity contribution < 1.29 is 4.74 Å². The highest BCUT2D eigenvalue weighted by molar-refractivity contribution is 5.70. The smallest absolute Gasteiger partial charge is 0.271 e. The van der Waals surface area contributed by atoms with Gasteiger partial charge in [0.25, 0.3) is 5.56 Å². The van der Waals surface area contributed by atoms with Crippen LogP contribution in [0.2, 0.25) is 0 Å². The topological polar surface area (TPSA) is 73.0 Å². The summed E-state index contributed by atoms with van der Waals surface area (Å²) in [6, 6.07) is 5.82. The molecule has 0 radical (unpaired) electrons. The normalized spacial score (nSPS) is 10.7. The van der Waals surface area contributed by atoms with Gasteiger partial charge in [0.2, 0.25) is 0 Å². The highest BCUT2D eigenvalue weighted by Gasteiger charge is 2.16. The van der Waals surface area contributed by atoms with Gasteiger partial charge in [-0.05, 0) is 19.1 Å². The molecule has 0 unspecified atom stereocenters. The van der Waals surface area contributed by atoms with Gasteiger partial charge in [-0.2, -0.15) is 0 Å². The lowest BCUT2D eigenvalue weighted by molar-refractivity contribution is 0.416. The summed E-state index contributed by atoms with van der Waals surface area (Å²) in [5, 5.41) is 3.03. The van der Waals surface area contributed by atoms with E-state index in [1.54, 1.807) is 14.2 Å². The number of hydrogen-bond acceptors (Lipinski definition) is 3. The molecule has 2 rings (SSSR count). The van der Waals surface area contributed by atoms with Crippen LogP contribution in [0.5, 0.6) is 5.75 Å². The van der Waals surface area contributed by atoms with E-state index in [0.717, 1.165) is 22.6 Å². The molecule has 0 atom stereocenters. The van der Waals surface area contributed by atoms with Gasteiger partial charge >= 0.3 is 0 Å². The summed E-state index contributed by atoms with van der Waals surface area (Å²) in [5.74, 6) is 0.720. The van der Waals surface area contributed by atoms with Crippen LogP contribution in [0.15, 0.2) is 23.0 Å². The highest BCUT2D eigenvalue weighted by Crippen LogP contribution is 2.30. The average Bonchev–Trinajstić information content (AvgIpc) is 2.65. The van der Waals surface area contributed by atoms with Gasteiger partial charge in [0.1, 0.15) is 5.75 Å². The van der Waals surface area contributed by atoms with Crippen molar-refractivity contribution in [1.82, 2.24) is 9.78 Å². The third-order valence-electron chi connectivity index (χ3n) is 2.97. The molecule has 1 aromatic carbocycles. The maximum atomic E-state index is 11.9. The van der Waals surface area contributed by atoms with E-state index in [0.29, 0.717) is 5.56 Å². The summed E-state index contributed by atoms with van der Waals surface area (Å²) < 4.78 is 6.76. The molecule has 0 amide bonds. The molecule has 96 valence electrons. The molecular weight excluding hydrogens is 230 g/mol. The Kier molecular flexibility index (Phi) is 3.25. The Bertz CT molecular complexity index is 626. The fourth-order valence-electron chi connectivity index (χ4n) is 2.02. The Hall–Kier alpha value is -2.01. The molecule has 0 aliphatic heterocycles. The van der Waals surface area contributed by atoms with E-state index >= 15 is 0 Å². The SMILES string of the molecule is COc1ccc(C)cc1-c1[nH]n(C)c(=O)c1CN. The Labute approximate surface area is 105 Å². The fraction of sp³-hybridized carbons (Fsp3) is 0.308. The zero-order valence-electron chi connectivity index (χ0n) is 10.8. The minimum atomic E-state index is -0.101. The van der Waals surface area contributed by atoms with Crippen molar-refractivity contribution in [2.24, 2.45) is 12.8 Å². The summed E-state index contributed by atoms with van der Waals surface area (Å²) >= 11 is 0. The highest BCUT2D eigenvalue weighted by atomic mass is 16.5. The molecule has 0 saturated heterocycles. The van der Waals surface area contributed by atoms with Crippen LogP contribution in [0.1, 0.15) is 11.1 Å². The summed E-state index contributed by atoms with van der Waals surface area (Å²) in [7, 11) is 3.28. The number of hydrogen-bond donors (Lipinski definition) is 2. The van der Waals surface area contributed by atoms with E-state index in [4.69, 9.17) is 10.5 Å². The lowest BCUT2D eigenvalue weighted by Crippen LogP contribution is -2.17. The Morgan fingerprint density at radius 3 is 2.78 bits per heavy atom. The minimum absolute atomic E-state index is 0.101. The van der Waals surface area contributed by atoms with E-state index in [1.807, 2.05) is 25.1 Å². The lowest BCUT2D eigenvalue weighted by atomic mass is 10.0. The first-order chi connectivity index (χ1) is 8.58. The Morgan fingerprint density at radius 1 is 1.44 bits per heavy atom. The Balaban J connectivity index is 2.72. The van der Waals surface area contributed by atoms with E-state index in [9.17, 15) is 4.79 Å². The maximum Gasteiger partial charge on any atom is 0.271 e. The van der Waals surface area contributed by atoms with Crippen molar-refractivity contribution in [3.05, 3.63) is 39.7 Å². The predicted molar refractivity (Wildman–Crippen MR) is 70.7 cm³/mol. The van der Waals surface area contributed by atoms with E-state index < -0.39 is 0 Å². The molecule has 0 saturated carbocycles. The average molecular weight is 247 g/mol. The summed E-state index contributed by atoms with van der Waals surface area (Å²) in [6.07, 6.45) is 0. The molecule has 1 heterocycles. The van der Waals surface area contributed by atoms with Gasteiger partial charge in [-0.25, -0.2) is 0 Å². The first kappa shape index (κ1) is 12.4. The van der Waals surface area contributed by atoms with Crippen LogP contribution in [0.4, 0.5) is 0 Å². The second-order valence-corrected chi connectivity index (χ2v) is 4.24. The van der Waals surface area contributed by atoms with Crippen molar-refractivity contribution in [3.8, 4) is 17.0 Å². The quantitative estimate of drug-likeness (QED) is 0.854. The van der Waals surface area contributed by atoms with Crippen molar-refractivity contribution in [1.29, 1.82) is 0 Å². The number of methoxy groups -OCH3 is 1. The molecule has 1 aromatic heterocycles. The van der Waals surface area contributed by atoms with Gasteiger partial charge in [0.05, 0.1) is 18.4 Å². The van der Waals surface area contributed by atoms with E-state index in [1.165, 1.54) is 4.68 Å². The minimum Gasteiger partial charge on any atom is -0.496 e. The molecule has 5 nitrogen and oxygen atoms in total. The first-order valence-corrected chi connectivity index (χ1v) is 5.71. The molecular formula is C13H17N3O2. The van der Waals surface area contributed by atoms with Gasteiger partial charge in [-0.15, -0.1) is 0 Å². The molecule has 18 heavy (non-hydrogen) atoms. The van der Waals surface area contributed by atoms with E-state index in [-0.39, 0.29) is 12.1 Å². The van der Waals surface area contributed by atoms with Crippen molar-refractivity contribution >= 4 is 0 Å². The molecule has 0 bridgehead atoms. The number of aromatic nitrogens is 2. The molecule has 2 aromatic rings. The molecule has 3 N–H and O–H groups in total. The monoisotopic (exact) mass is 247 g/mol. The van der Waals surface area contributed by atoms with Gasteiger partial charge in [-0.3, -0.25) is 14.6 Å². The molecule has 5 heteroatoms. The van der Waals surface area contributed by atoms with Crippen LogP contribution in [-0.2, 0) is 13.6 Å². The van der Waals surface area contributed by atoms with Gasteiger partial charge in [0, 0.05) is 19.2 Å². The fourth-order valence-corrected chi connectivity index (χ4v) is 2.02. The molecule has 0 aliphatic rings. The standard InChI is InChI=1S/C13H17N3O2/c1-8-4-5-11(18-3)9(6-8)12-10(7-14)13(17)16(2)15-12/h4-6,15H,7,14H2,1-3H3. The summed E-state index contributed by atoms with van der Waals surface area (Å²) in [4.78, 5) is 11.9. The second kappa shape index (κ2) is 4.70. The zero-order chi connectivity index (χ0) is 13.3. The van der Waals surface area contributed by atoms with Crippen LogP contribution in [-0.4, -0.2) is 16.9 Å². The molecule has 0 fully saturated rings.